The molecule has 4 heteroatoms. The van der Waals surface area contributed by atoms with Gasteiger partial charge < -0.3 is 10.6 Å². The van der Waals surface area contributed by atoms with Crippen LogP contribution in [-0.4, -0.2) is 24.5 Å². The molecule has 0 radical (unpaired) electrons. The van der Waals surface area contributed by atoms with Crippen molar-refractivity contribution in [2.24, 2.45) is 0 Å². The molecule has 2 N–H and O–H groups in total. The largest absolute Gasteiger partial charge is 0.385 e. The van der Waals surface area contributed by atoms with E-state index in [1.54, 1.807) is 24.9 Å². The van der Waals surface area contributed by atoms with Crippen molar-refractivity contribution in [3.63, 3.8) is 0 Å². The average Bonchev–Trinajstić information content (AvgIpc) is 2.91. The predicted molar refractivity (Wildman–Crippen MR) is 72.7 cm³/mol. The second kappa shape index (κ2) is 6.19. The molecule has 0 aromatic carbocycles. The zero-order valence-corrected chi connectivity index (χ0v) is 10.7. The van der Waals surface area contributed by atoms with Gasteiger partial charge in [0.15, 0.2) is 0 Å². The van der Waals surface area contributed by atoms with Crippen LogP contribution in [0.2, 0.25) is 0 Å². The van der Waals surface area contributed by atoms with Crippen molar-refractivity contribution in [3.8, 4) is 0 Å². The van der Waals surface area contributed by atoms with E-state index in [2.05, 4.69) is 21.7 Å². The highest BCUT2D eigenvalue weighted by atomic mass is 16.1. The number of amides is 1. The molecule has 0 bridgehead atoms. The van der Waals surface area contributed by atoms with Crippen molar-refractivity contribution in [2.45, 2.75) is 25.7 Å². The molecule has 0 aliphatic heterocycles. The summed E-state index contributed by atoms with van der Waals surface area (Å²) in [6, 6.07) is 3.66. The van der Waals surface area contributed by atoms with Crippen LogP contribution in [0.1, 0.15) is 36.2 Å². The van der Waals surface area contributed by atoms with Gasteiger partial charge in [0.05, 0.1) is 0 Å². The highest BCUT2D eigenvalue weighted by Gasteiger charge is 2.06. The van der Waals surface area contributed by atoms with Gasteiger partial charge in [-0.05, 0) is 37.8 Å². The second-order valence-corrected chi connectivity index (χ2v) is 4.44. The number of allylic oxidation sites excluding steroid dienone is 1. The average molecular weight is 245 g/mol. The molecular weight excluding hydrogens is 226 g/mol. The third kappa shape index (κ3) is 3.32. The predicted octanol–water partition coefficient (Wildman–Crippen LogP) is 2.35. The van der Waals surface area contributed by atoms with Gasteiger partial charge in [-0.15, -0.1) is 0 Å². The molecule has 0 saturated carbocycles. The van der Waals surface area contributed by atoms with Crippen molar-refractivity contribution >= 4 is 11.6 Å². The summed E-state index contributed by atoms with van der Waals surface area (Å²) in [5.41, 5.74) is 2.94. The van der Waals surface area contributed by atoms with Crippen LogP contribution in [0.15, 0.2) is 30.0 Å². The Balaban J connectivity index is 1.87. The Bertz CT molecular complexity index is 454. The maximum absolute atomic E-state index is 11.4. The summed E-state index contributed by atoms with van der Waals surface area (Å²) in [4.78, 5) is 15.5. The second-order valence-electron chi connectivity index (χ2n) is 4.44. The topological polar surface area (TPSA) is 54.0 Å². The highest BCUT2D eigenvalue weighted by molar-refractivity contribution is 5.92. The minimum atomic E-state index is -0.155. The molecule has 18 heavy (non-hydrogen) atoms. The number of rotatable bonds is 5. The fourth-order valence-electron chi connectivity index (χ4n) is 2.12. The SMILES string of the molecule is CNC(=O)c1cc(NCCC2=CCCC2)ccn1. The van der Waals surface area contributed by atoms with E-state index in [0.29, 0.717) is 5.69 Å². The third-order valence-electron chi connectivity index (χ3n) is 3.13. The van der Waals surface area contributed by atoms with Crippen LogP contribution < -0.4 is 10.6 Å². The molecule has 1 amide bonds. The molecule has 0 atom stereocenters. The Morgan fingerprint density at radius 1 is 1.50 bits per heavy atom. The first-order valence-corrected chi connectivity index (χ1v) is 6.39. The van der Waals surface area contributed by atoms with Crippen molar-refractivity contribution in [2.75, 3.05) is 18.9 Å². The van der Waals surface area contributed by atoms with Crippen molar-refractivity contribution in [3.05, 3.63) is 35.7 Å². The van der Waals surface area contributed by atoms with Gasteiger partial charge >= 0.3 is 0 Å². The van der Waals surface area contributed by atoms with Gasteiger partial charge in [-0.1, -0.05) is 11.6 Å². The normalized spacial score (nSPS) is 14.2. The first kappa shape index (κ1) is 12.6. The zero-order valence-electron chi connectivity index (χ0n) is 10.7. The molecule has 0 spiro atoms. The number of carbonyl (C=O) groups excluding carboxylic acids is 1. The molecule has 1 heterocycles. The summed E-state index contributed by atoms with van der Waals surface area (Å²) in [6.07, 6.45) is 8.84. The molecule has 1 aliphatic rings. The van der Waals surface area contributed by atoms with E-state index in [0.717, 1.165) is 18.7 Å². The van der Waals surface area contributed by atoms with Crippen molar-refractivity contribution in [1.29, 1.82) is 0 Å². The number of anilines is 1. The molecule has 1 aromatic heterocycles. The van der Waals surface area contributed by atoms with Crippen LogP contribution in [-0.2, 0) is 0 Å². The quantitative estimate of drug-likeness (QED) is 0.783. The maximum atomic E-state index is 11.4. The van der Waals surface area contributed by atoms with Crippen LogP contribution in [0.25, 0.3) is 0 Å². The lowest BCUT2D eigenvalue weighted by atomic mass is 10.1. The van der Waals surface area contributed by atoms with E-state index in [4.69, 9.17) is 0 Å². The van der Waals surface area contributed by atoms with Crippen molar-refractivity contribution < 1.29 is 4.79 Å². The van der Waals surface area contributed by atoms with Crippen molar-refractivity contribution in [1.82, 2.24) is 10.3 Å². The van der Waals surface area contributed by atoms with Crippen LogP contribution in [0.4, 0.5) is 5.69 Å². The molecule has 4 nitrogen and oxygen atoms in total. The first-order valence-electron chi connectivity index (χ1n) is 6.39. The molecule has 0 saturated heterocycles. The smallest absolute Gasteiger partial charge is 0.269 e. The van der Waals surface area contributed by atoms with E-state index in [1.807, 2.05) is 6.07 Å². The third-order valence-corrected chi connectivity index (χ3v) is 3.13. The Morgan fingerprint density at radius 2 is 2.39 bits per heavy atom. The Morgan fingerprint density at radius 3 is 3.11 bits per heavy atom. The van der Waals surface area contributed by atoms with Gasteiger partial charge in [-0.2, -0.15) is 0 Å². The van der Waals surface area contributed by atoms with Gasteiger partial charge in [0.2, 0.25) is 0 Å². The number of carbonyl (C=O) groups is 1. The summed E-state index contributed by atoms with van der Waals surface area (Å²) in [6.45, 7) is 0.906. The van der Waals surface area contributed by atoms with Crippen LogP contribution in [0, 0.1) is 0 Å². The molecule has 96 valence electrons. The standard InChI is InChI=1S/C14H19N3O/c1-15-14(18)13-10-12(7-9-17-13)16-8-6-11-4-2-3-5-11/h4,7,9-10H,2-3,5-6,8H2,1H3,(H,15,18)(H,16,17). The van der Waals surface area contributed by atoms with Crippen LogP contribution in [0.5, 0.6) is 0 Å². The molecular formula is C14H19N3O. The lowest BCUT2D eigenvalue weighted by Crippen LogP contribution is -2.19. The number of aromatic nitrogens is 1. The molecule has 2 rings (SSSR count). The van der Waals surface area contributed by atoms with Gasteiger partial charge in [0.1, 0.15) is 5.69 Å². The summed E-state index contributed by atoms with van der Waals surface area (Å²) in [7, 11) is 1.61. The Labute approximate surface area is 108 Å². The molecule has 0 fully saturated rings. The van der Waals surface area contributed by atoms with Gasteiger partial charge in [0, 0.05) is 25.5 Å². The van der Waals surface area contributed by atoms with Gasteiger partial charge in [-0.3, -0.25) is 9.78 Å². The van der Waals surface area contributed by atoms with E-state index >= 15 is 0 Å². The summed E-state index contributed by atoms with van der Waals surface area (Å²) in [5.74, 6) is -0.155. The minimum Gasteiger partial charge on any atom is -0.385 e. The lowest BCUT2D eigenvalue weighted by Gasteiger charge is -2.08. The number of nitrogens with one attached hydrogen (secondary N) is 2. The Kier molecular flexibility index (Phi) is 4.34. The van der Waals surface area contributed by atoms with Gasteiger partial charge in [0.25, 0.3) is 5.91 Å². The Hall–Kier alpha value is -1.84. The number of hydrogen-bond acceptors (Lipinski definition) is 3. The summed E-state index contributed by atoms with van der Waals surface area (Å²) in [5, 5.41) is 5.90. The maximum Gasteiger partial charge on any atom is 0.269 e. The lowest BCUT2D eigenvalue weighted by molar-refractivity contribution is 0.0958. The molecule has 0 unspecified atom stereocenters. The zero-order chi connectivity index (χ0) is 12.8. The minimum absolute atomic E-state index is 0.155. The fourth-order valence-corrected chi connectivity index (χ4v) is 2.12. The van der Waals surface area contributed by atoms with Crippen LogP contribution >= 0.6 is 0 Å². The monoisotopic (exact) mass is 245 g/mol. The van der Waals surface area contributed by atoms with E-state index in [-0.39, 0.29) is 5.91 Å². The summed E-state index contributed by atoms with van der Waals surface area (Å²) < 4.78 is 0. The highest BCUT2D eigenvalue weighted by Crippen LogP contribution is 2.20. The van der Waals surface area contributed by atoms with E-state index in [1.165, 1.54) is 19.3 Å². The van der Waals surface area contributed by atoms with E-state index < -0.39 is 0 Å². The molecule has 1 aliphatic carbocycles. The van der Waals surface area contributed by atoms with E-state index in [9.17, 15) is 4.79 Å². The number of nitrogens with zero attached hydrogens (tertiary/aromatic N) is 1. The fraction of sp³-hybridized carbons (Fsp3) is 0.429. The summed E-state index contributed by atoms with van der Waals surface area (Å²) >= 11 is 0. The first-order chi connectivity index (χ1) is 8.79. The number of hydrogen-bond donors (Lipinski definition) is 2. The van der Waals surface area contributed by atoms with Crippen LogP contribution in [0.3, 0.4) is 0 Å². The van der Waals surface area contributed by atoms with Gasteiger partial charge in [-0.25, -0.2) is 0 Å². The molecule has 1 aromatic rings. The number of pyridine rings is 1.